The van der Waals surface area contributed by atoms with Crippen LogP contribution in [0.5, 0.6) is 0 Å². The highest BCUT2D eigenvalue weighted by atomic mass is 28.3. The fraction of sp³-hybridized carbons (Fsp3) is 0.0339. The number of nitrogens with zero attached hydrogens (tertiary/aromatic N) is 3. The van der Waals surface area contributed by atoms with Crippen LogP contribution in [0.2, 0.25) is 13.1 Å². The second-order valence-corrected chi connectivity index (χ2v) is 25.5. The van der Waals surface area contributed by atoms with Gasteiger partial charge in [-0.05, 0) is 81.7 Å². The molecule has 3 nitrogen and oxygen atoms in total. The number of fused-ring (bicyclic) bond motifs is 6. The first-order valence-electron chi connectivity index (χ1n) is 22.1. The largest absolute Gasteiger partial charge is 0.208 e. The molecule has 0 saturated heterocycles. The lowest BCUT2D eigenvalue weighted by atomic mass is 9.94. The molecule has 2 aliphatic heterocycles. The Hall–Kier alpha value is -7.58. The standard InChI is InChI=1S/C59H43N3Si2/c1-63(2)52-31-19-18-30-47(52)50-36-37-51(55(56(50)63)41-22-10-4-11-23-41)59-61-57(42-24-12-5-13-25-42)60-58(62-59)44-33-35-49-48-34-32-43(40-20-8-3-9-21-40)38-53(48)64(54(49)39-44,45-26-14-6-15-27-45)46-28-16-7-17-29-46/h3-39H,1-2H3. The lowest BCUT2D eigenvalue weighted by Crippen LogP contribution is -2.72. The SMILES string of the molecule is C[Si]1(C)c2ccccc2-c2ccc(-c3nc(-c4ccccc4)nc(-c4ccc5c(c4)[Si](c4ccccc4)(c4ccccc4)c4cc(-c6ccccc6)ccc4-5)n3)c(-c3ccccc3)c21. The summed E-state index contributed by atoms with van der Waals surface area (Å²) in [6.07, 6.45) is 0. The lowest BCUT2D eigenvalue weighted by molar-refractivity contribution is 1.07. The third-order valence-corrected chi connectivity index (χ3v) is 22.0. The monoisotopic (exact) mass is 849 g/mol. The van der Waals surface area contributed by atoms with Gasteiger partial charge in [-0.15, -0.1) is 0 Å². The zero-order valence-corrected chi connectivity index (χ0v) is 37.7. The summed E-state index contributed by atoms with van der Waals surface area (Å²) in [5.41, 5.74) is 13.0. The summed E-state index contributed by atoms with van der Waals surface area (Å²) >= 11 is 0. The van der Waals surface area contributed by atoms with Crippen LogP contribution < -0.4 is 31.1 Å². The fourth-order valence-electron chi connectivity index (χ4n) is 10.7. The maximum atomic E-state index is 5.54. The maximum Gasteiger partial charge on any atom is 0.180 e. The van der Waals surface area contributed by atoms with Crippen molar-refractivity contribution in [1.29, 1.82) is 0 Å². The van der Waals surface area contributed by atoms with Gasteiger partial charge in [0.2, 0.25) is 0 Å². The zero-order valence-electron chi connectivity index (χ0n) is 35.7. The van der Waals surface area contributed by atoms with Gasteiger partial charge in [-0.1, -0.05) is 231 Å². The van der Waals surface area contributed by atoms with Gasteiger partial charge in [0, 0.05) is 16.7 Å². The molecule has 0 N–H and O–H groups in total. The van der Waals surface area contributed by atoms with Gasteiger partial charge in [0.05, 0.1) is 0 Å². The molecular weight excluding hydrogens is 807 g/mol. The van der Waals surface area contributed by atoms with E-state index in [0.717, 1.165) is 16.7 Å². The number of rotatable bonds is 7. The summed E-state index contributed by atoms with van der Waals surface area (Å²) in [5.74, 6) is 2.00. The molecule has 0 spiro atoms. The summed E-state index contributed by atoms with van der Waals surface area (Å²) in [6, 6.07) is 82.1. The van der Waals surface area contributed by atoms with E-state index in [-0.39, 0.29) is 0 Å². The quantitative estimate of drug-likeness (QED) is 0.150. The first kappa shape index (κ1) is 38.1. The molecule has 302 valence electrons. The van der Waals surface area contributed by atoms with E-state index in [4.69, 9.17) is 15.0 Å². The summed E-state index contributed by atoms with van der Waals surface area (Å²) in [5, 5.41) is 8.36. The summed E-state index contributed by atoms with van der Waals surface area (Å²) in [6.45, 7) is 4.98. The van der Waals surface area contributed by atoms with Crippen molar-refractivity contribution in [2.75, 3.05) is 0 Å². The molecule has 12 rings (SSSR count). The van der Waals surface area contributed by atoms with Crippen molar-refractivity contribution in [3.8, 4) is 78.7 Å². The van der Waals surface area contributed by atoms with E-state index >= 15 is 0 Å². The van der Waals surface area contributed by atoms with Crippen molar-refractivity contribution in [3.63, 3.8) is 0 Å². The van der Waals surface area contributed by atoms with E-state index < -0.39 is 16.1 Å². The topological polar surface area (TPSA) is 38.7 Å². The Bertz CT molecular complexity index is 3350. The van der Waals surface area contributed by atoms with E-state index in [1.54, 1.807) is 0 Å². The minimum atomic E-state index is -2.89. The molecule has 2 aliphatic rings. The Kier molecular flexibility index (Phi) is 8.97. The smallest absolute Gasteiger partial charge is 0.180 e. The summed E-state index contributed by atoms with van der Waals surface area (Å²) in [4.78, 5) is 16.3. The Morgan fingerprint density at radius 3 is 1.33 bits per heavy atom. The van der Waals surface area contributed by atoms with Crippen molar-refractivity contribution in [2.24, 2.45) is 0 Å². The molecule has 0 radical (unpaired) electrons. The molecule has 0 amide bonds. The van der Waals surface area contributed by atoms with Gasteiger partial charge in [0.1, 0.15) is 8.07 Å². The van der Waals surface area contributed by atoms with Crippen LogP contribution in [-0.4, -0.2) is 31.1 Å². The summed E-state index contributed by atoms with van der Waals surface area (Å²) < 4.78 is 0. The molecule has 1 aromatic heterocycles. The van der Waals surface area contributed by atoms with E-state index in [2.05, 4.69) is 231 Å². The highest BCUT2D eigenvalue weighted by Crippen LogP contribution is 2.40. The third kappa shape index (κ3) is 5.89. The first-order valence-corrected chi connectivity index (χ1v) is 27.1. The van der Waals surface area contributed by atoms with Gasteiger partial charge in [-0.3, -0.25) is 0 Å². The van der Waals surface area contributed by atoms with Crippen molar-refractivity contribution < 1.29 is 0 Å². The van der Waals surface area contributed by atoms with Crippen molar-refractivity contribution in [2.45, 2.75) is 13.1 Å². The van der Waals surface area contributed by atoms with Crippen LogP contribution >= 0.6 is 0 Å². The minimum absolute atomic E-state index is 0.658. The van der Waals surface area contributed by atoms with Crippen LogP contribution in [0.15, 0.2) is 224 Å². The molecule has 0 fully saturated rings. The lowest BCUT2D eigenvalue weighted by Gasteiger charge is -2.31. The average Bonchev–Trinajstić information content (AvgIpc) is 3.79. The number of hydrogen-bond acceptors (Lipinski definition) is 3. The van der Waals surface area contributed by atoms with E-state index in [1.807, 2.05) is 6.07 Å². The average molecular weight is 850 g/mol. The zero-order chi connectivity index (χ0) is 42.8. The van der Waals surface area contributed by atoms with Crippen LogP contribution in [0.4, 0.5) is 0 Å². The normalized spacial score (nSPS) is 13.7. The number of hydrogen-bond donors (Lipinski definition) is 0. The van der Waals surface area contributed by atoms with Gasteiger partial charge >= 0.3 is 0 Å². The highest BCUT2D eigenvalue weighted by molar-refractivity contribution is 7.22. The van der Waals surface area contributed by atoms with Gasteiger partial charge in [-0.25, -0.2) is 15.0 Å². The molecule has 0 bridgehead atoms. The minimum Gasteiger partial charge on any atom is -0.208 e. The second kappa shape index (κ2) is 15.1. The van der Waals surface area contributed by atoms with E-state index in [9.17, 15) is 0 Å². The number of benzene rings is 9. The van der Waals surface area contributed by atoms with Crippen LogP contribution in [0.1, 0.15) is 0 Å². The Balaban J connectivity index is 1.12. The molecule has 0 aliphatic carbocycles. The maximum absolute atomic E-state index is 5.54. The molecule has 10 aromatic rings. The van der Waals surface area contributed by atoms with Gasteiger partial charge in [0.15, 0.2) is 25.5 Å². The molecule has 5 heteroatoms. The van der Waals surface area contributed by atoms with Gasteiger partial charge < -0.3 is 0 Å². The predicted octanol–water partition coefficient (Wildman–Crippen LogP) is 10.4. The van der Waals surface area contributed by atoms with Crippen LogP contribution in [-0.2, 0) is 0 Å². The Labute approximate surface area is 376 Å². The van der Waals surface area contributed by atoms with Crippen LogP contribution in [0.3, 0.4) is 0 Å². The first-order chi connectivity index (χ1) is 31.5. The molecule has 0 unspecified atom stereocenters. The predicted molar refractivity (Wildman–Crippen MR) is 272 cm³/mol. The third-order valence-electron chi connectivity index (χ3n) is 13.6. The van der Waals surface area contributed by atoms with Crippen LogP contribution in [0.25, 0.3) is 78.7 Å². The highest BCUT2D eigenvalue weighted by Gasteiger charge is 2.49. The molecule has 3 heterocycles. The van der Waals surface area contributed by atoms with E-state index in [1.165, 1.54) is 75.6 Å². The Morgan fingerprint density at radius 2 is 0.719 bits per heavy atom. The summed E-state index contributed by atoms with van der Waals surface area (Å²) in [7, 11) is -5.03. The van der Waals surface area contributed by atoms with Gasteiger partial charge in [-0.2, -0.15) is 0 Å². The van der Waals surface area contributed by atoms with Crippen molar-refractivity contribution in [1.82, 2.24) is 15.0 Å². The Morgan fingerprint density at radius 1 is 0.297 bits per heavy atom. The number of aromatic nitrogens is 3. The van der Waals surface area contributed by atoms with Crippen LogP contribution in [0, 0.1) is 0 Å². The molecule has 64 heavy (non-hydrogen) atoms. The van der Waals surface area contributed by atoms with Crippen molar-refractivity contribution in [3.05, 3.63) is 224 Å². The molecule has 0 saturated carbocycles. The molecular formula is C59H43N3Si2. The van der Waals surface area contributed by atoms with Gasteiger partial charge in [0.25, 0.3) is 0 Å². The fourth-order valence-corrected chi connectivity index (χ4v) is 19.5. The molecule has 9 aromatic carbocycles. The second-order valence-electron chi connectivity index (χ2n) is 17.5. The van der Waals surface area contributed by atoms with E-state index in [0.29, 0.717) is 17.5 Å². The van der Waals surface area contributed by atoms with Crippen molar-refractivity contribution >= 4 is 47.3 Å². The molecule has 0 atom stereocenters.